The molecule has 21 heavy (non-hydrogen) atoms. The van der Waals surface area contributed by atoms with Crippen molar-refractivity contribution in [1.29, 1.82) is 0 Å². The standard InChI is InChI=1S/C13H10Cl4O4/c1-20-13(21-2)11(16)7-5(18)3-4-6(19)8(7)12(13,17)10(15)9(11)14/h3-4,7-8H,1-2H3/t7-,8-,11-,12-/m0/s1. The van der Waals surface area contributed by atoms with Crippen LogP contribution >= 0.6 is 46.4 Å². The number of fused-ring (bicyclic) bond motifs is 5. The molecule has 0 unspecified atom stereocenters. The third kappa shape index (κ3) is 1.34. The Morgan fingerprint density at radius 1 is 0.905 bits per heavy atom. The molecule has 0 radical (unpaired) electrons. The van der Waals surface area contributed by atoms with Crippen molar-refractivity contribution < 1.29 is 19.1 Å². The monoisotopic (exact) mass is 370 g/mol. The van der Waals surface area contributed by atoms with E-state index in [1.54, 1.807) is 0 Å². The molecule has 0 heterocycles. The van der Waals surface area contributed by atoms with Crippen LogP contribution in [-0.4, -0.2) is 41.3 Å². The van der Waals surface area contributed by atoms with E-state index in [1.807, 2.05) is 0 Å². The number of carbonyl (C=O) groups is 2. The molecule has 0 spiro atoms. The van der Waals surface area contributed by atoms with Gasteiger partial charge in [0.05, 0.1) is 21.9 Å². The third-order valence-corrected chi connectivity index (χ3v) is 7.19. The Morgan fingerprint density at radius 3 is 1.52 bits per heavy atom. The van der Waals surface area contributed by atoms with E-state index in [2.05, 4.69) is 0 Å². The summed E-state index contributed by atoms with van der Waals surface area (Å²) in [7, 11) is 2.63. The summed E-state index contributed by atoms with van der Waals surface area (Å²) in [6.45, 7) is 0. The normalized spacial score (nSPS) is 43.7. The van der Waals surface area contributed by atoms with E-state index >= 15 is 0 Å². The van der Waals surface area contributed by atoms with Crippen LogP contribution in [-0.2, 0) is 19.1 Å². The molecule has 4 nitrogen and oxygen atoms in total. The maximum atomic E-state index is 12.3. The molecule has 0 N–H and O–H groups in total. The van der Waals surface area contributed by atoms with Crippen molar-refractivity contribution >= 4 is 58.0 Å². The number of carbonyl (C=O) groups excluding carboxylic acids is 2. The summed E-state index contributed by atoms with van der Waals surface area (Å²) in [6.07, 6.45) is 2.34. The Labute approximate surface area is 140 Å². The van der Waals surface area contributed by atoms with Gasteiger partial charge in [-0.3, -0.25) is 9.59 Å². The number of hydrogen-bond acceptors (Lipinski definition) is 4. The Morgan fingerprint density at radius 2 is 1.24 bits per heavy atom. The third-order valence-electron chi connectivity index (χ3n) is 4.58. The highest BCUT2D eigenvalue weighted by molar-refractivity contribution is 6.53. The number of alkyl halides is 2. The summed E-state index contributed by atoms with van der Waals surface area (Å²) in [4.78, 5) is 21.3. The molecule has 1 fully saturated rings. The van der Waals surface area contributed by atoms with E-state index in [0.29, 0.717) is 0 Å². The molecule has 4 atom stereocenters. The molecule has 2 bridgehead atoms. The maximum Gasteiger partial charge on any atom is 0.218 e. The van der Waals surface area contributed by atoms with Gasteiger partial charge in [-0.1, -0.05) is 23.2 Å². The zero-order chi connectivity index (χ0) is 15.8. The van der Waals surface area contributed by atoms with Gasteiger partial charge in [-0.25, -0.2) is 0 Å². The minimum absolute atomic E-state index is 0.0257. The van der Waals surface area contributed by atoms with Gasteiger partial charge >= 0.3 is 0 Å². The molecule has 0 aromatic carbocycles. The number of halogens is 4. The molecule has 3 aliphatic carbocycles. The van der Waals surface area contributed by atoms with Gasteiger partial charge in [-0.2, -0.15) is 0 Å². The smallest absolute Gasteiger partial charge is 0.218 e. The molecule has 0 amide bonds. The van der Waals surface area contributed by atoms with Crippen molar-refractivity contribution in [2.24, 2.45) is 11.8 Å². The molecule has 0 aromatic rings. The van der Waals surface area contributed by atoms with Crippen LogP contribution < -0.4 is 0 Å². The number of allylic oxidation sites excluding steroid dienone is 2. The fourth-order valence-corrected chi connectivity index (χ4v) is 5.97. The topological polar surface area (TPSA) is 52.6 Å². The van der Waals surface area contributed by atoms with E-state index in [0.717, 1.165) is 0 Å². The lowest BCUT2D eigenvalue weighted by Crippen LogP contribution is -2.58. The zero-order valence-electron chi connectivity index (χ0n) is 11.0. The van der Waals surface area contributed by atoms with E-state index in [1.165, 1.54) is 26.4 Å². The van der Waals surface area contributed by atoms with Crippen molar-refractivity contribution in [3.63, 3.8) is 0 Å². The summed E-state index contributed by atoms with van der Waals surface area (Å²) in [5, 5.41) is -0.0514. The number of methoxy groups -OCH3 is 2. The first-order valence-electron chi connectivity index (χ1n) is 6.04. The molecule has 0 saturated heterocycles. The number of ether oxygens (including phenoxy) is 2. The van der Waals surface area contributed by atoms with Gasteiger partial charge < -0.3 is 9.47 Å². The van der Waals surface area contributed by atoms with E-state index in [4.69, 9.17) is 55.9 Å². The van der Waals surface area contributed by atoms with Crippen LogP contribution in [0.25, 0.3) is 0 Å². The SMILES string of the molecule is COC1(OC)[C@@]2(Cl)C(Cl)=C(Cl)[C@@]1(Cl)[C@H]1C(=O)C=CC(=O)[C@@H]12. The van der Waals surface area contributed by atoms with Gasteiger partial charge in [0, 0.05) is 14.2 Å². The number of hydrogen-bond donors (Lipinski definition) is 0. The molecule has 8 heteroatoms. The van der Waals surface area contributed by atoms with E-state index in [9.17, 15) is 9.59 Å². The van der Waals surface area contributed by atoms with Gasteiger partial charge in [0.1, 0.15) is 9.75 Å². The first kappa shape index (κ1) is 15.8. The second-order valence-corrected chi connectivity index (χ2v) is 7.12. The van der Waals surface area contributed by atoms with Gasteiger partial charge in [-0.15, -0.1) is 23.2 Å². The van der Waals surface area contributed by atoms with Crippen LogP contribution in [0.1, 0.15) is 0 Å². The lowest BCUT2D eigenvalue weighted by molar-refractivity contribution is -0.220. The first-order valence-corrected chi connectivity index (χ1v) is 7.55. The Bertz CT molecular complexity index is 576. The van der Waals surface area contributed by atoms with E-state index < -0.39 is 27.4 Å². The number of ketones is 2. The summed E-state index contributed by atoms with van der Waals surface area (Å²) in [5.41, 5.74) is 0. The lowest BCUT2D eigenvalue weighted by atomic mass is 9.74. The fourth-order valence-electron chi connectivity index (χ4n) is 3.78. The highest BCUT2D eigenvalue weighted by atomic mass is 35.5. The molecular formula is C13H10Cl4O4. The van der Waals surface area contributed by atoms with Crippen LogP contribution in [0.5, 0.6) is 0 Å². The summed E-state index contributed by atoms with van der Waals surface area (Å²) >= 11 is 25.8. The molecule has 3 aliphatic rings. The lowest BCUT2D eigenvalue weighted by Gasteiger charge is -2.40. The van der Waals surface area contributed by atoms with Gasteiger partial charge in [0.15, 0.2) is 11.6 Å². The van der Waals surface area contributed by atoms with Gasteiger partial charge in [0.25, 0.3) is 0 Å². The second kappa shape index (κ2) is 4.47. The maximum absolute atomic E-state index is 12.3. The minimum Gasteiger partial charge on any atom is -0.350 e. The highest BCUT2D eigenvalue weighted by Gasteiger charge is 2.87. The number of rotatable bonds is 2. The minimum atomic E-state index is -1.72. The van der Waals surface area contributed by atoms with Gasteiger partial charge in [0.2, 0.25) is 5.79 Å². The van der Waals surface area contributed by atoms with Crippen molar-refractivity contribution in [3.05, 3.63) is 22.2 Å². The largest absolute Gasteiger partial charge is 0.350 e. The van der Waals surface area contributed by atoms with Crippen LogP contribution in [0, 0.1) is 11.8 Å². The second-order valence-electron chi connectivity index (χ2n) is 5.17. The molecule has 114 valence electrons. The Kier molecular flexibility index (Phi) is 3.36. The first-order chi connectivity index (χ1) is 9.74. The van der Waals surface area contributed by atoms with E-state index in [-0.39, 0.29) is 21.6 Å². The quantitative estimate of drug-likeness (QED) is 0.553. The van der Waals surface area contributed by atoms with Crippen LogP contribution in [0.3, 0.4) is 0 Å². The molecule has 0 aromatic heterocycles. The average Bonchev–Trinajstić information content (AvgIpc) is 2.72. The van der Waals surface area contributed by atoms with Crippen LogP contribution in [0.4, 0.5) is 0 Å². The summed E-state index contributed by atoms with van der Waals surface area (Å²) < 4.78 is 10.9. The predicted octanol–water partition coefficient (Wildman–Crippen LogP) is 2.59. The predicted molar refractivity (Wildman–Crippen MR) is 78.8 cm³/mol. The van der Waals surface area contributed by atoms with Crippen LogP contribution in [0.2, 0.25) is 0 Å². The highest BCUT2D eigenvalue weighted by Crippen LogP contribution is 2.74. The molecular weight excluding hydrogens is 362 g/mol. The fraction of sp³-hybridized carbons (Fsp3) is 0.538. The van der Waals surface area contributed by atoms with Crippen LogP contribution in [0.15, 0.2) is 22.2 Å². The molecule has 1 saturated carbocycles. The van der Waals surface area contributed by atoms with Crippen molar-refractivity contribution in [1.82, 2.24) is 0 Å². The molecule has 0 aliphatic heterocycles. The van der Waals surface area contributed by atoms with Crippen molar-refractivity contribution in [3.8, 4) is 0 Å². The van der Waals surface area contributed by atoms with Crippen molar-refractivity contribution in [2.45, 2.75) is 15.5 Å². The summed E-state index contributed by atoms with van der Waals surface area (Å²) in [6, 6.07) is 0. The van der Waals surface area contributed by atoms with Gasteiger partial charge in [-0.05, 0) is 12.2 Å². The Hall–Kier alpha value is -0.100. The molecule has 3 rings (SSSR count). The Balaban J connectivity index is 2.39. The van der Waals surface area contributed by atoms with Crippen molar-refractivity contribution in [2.75, 3.05) is 14.2 Å². The summed E-state index contributed by atoms with van der Waals surface area (Å²) in [5.74, 6) is -4.44. The average molecular weight is 372 g/mol. The zero-order valence-corrected chi connectivity index (χ0v) is 14.0.